The van der Waals surface area contributed by atoms with Crippen LogP contribution in [0.4, 0.5) is 5.69 Å². The van der Waals surface area contributed by atoms with Crippen molar-refractivity contribution in [3.63, 3.8) is 0 Å². The molecule has 1 unspecified atom stereocenters. The number of rotatable bonds is 5. The first-order chi connectivity index (χ1) is 13.0. The molecule has 3 rings (SSSR count). The SMILES string of the molecule is COc1cc(N)c(Cl)cc1C(=O)NN1CCNCC1Cc1ccc(Cl)cc1. The van der Waals surface area contributed by atoms with Crippen LogP contribution >= 0.6 is 23.2 Å². The van der Waals surface area contributed by atoms with Gasteiger partial charge < -0.3 is 15.8 Å². The van der Waals surface area contributed by atoms with Gasteiger partial charge in [-0.3, -0.25) is 10.2 Å². The van der Waals surface area contributed by atoms with Crippen molar-refractivity contribution in [2.24, 2.45) is 0 Å². The third kappa shape index (κ3) is 4.84. The minimum absolute atomic E-state index is 0.110. The summed E-state index contributed by atoms with van der Waals surface area (Å²) in [5.41, 5.74) is 10.7. The number of carbonyl (C=O) groups excluding carboxylic acids is 1. The van der Waals surface area contributed by atoms with E-state index < -0.39 is 0 Å². The molecule has 8 heteroatoms. The molecule has 4 N–H and O–H groups in total. The topological polar surface area (TPSA) is 79.6 Å². The van der Waals surface area contributed by atoms with Gasteiger partial charge in [0.25, 0.3) is 5.91 Å². The van der Waals surface area contributed by atoms with Crippen molar-refractivity contribution in [2.75, 3.05) is 32.5 Å². The molecule has 0 aliphatic carbocycles. The molecular weight excluding hydrogens is 387 g/mol. The van der Waals surface area contributed by atoms with Crippen LogP contribution < -0.4 is 21.2 Å². The first-order valence-corrected chi connectivity index (χ1v) is 9.39. The van der Waals surface area contributed by atoms with E-state index in [1.807, 2.05) is 29.3 Å². The first kappa shape index (κ1) is 19.8. The van der Waals surface area contributed by atoms with Gasteiger partial charge in [0.05, 0.1) is 23.4 Å². The second kappa shape index (κ2) is 8.80. The van der Waals surface area contributed by atoms with E-state index in [9.17, 15) is 4.79 Å². The molecule has 1 fully saturated rings. The van der Waals surface area contributed by atoms with Crippen LogP contribution in [0.1, 0.15) is 15.9 Å². The number of anilines is 1. The number of nitrogens with two attached hydrogens (primary N) is 1. The number of nitrogen functional groups attached to an aromatic ring is 1. The van der Waals surface area contributed by atoms with Crippen molar-refractivity contribution in [3.05, 3.63) is 57.6 Å². The number of nitrogens with zero attached hydrogens (tertiary/aromatic N) is 1. The summed E-state index contributed by atoms with van der Waals surface area (Å²) in [5, 5.41) is 6.35. The van der Waals surface area contributed by atoms with Gasteiger partial charge in [0, 0.05) is 36.8 Å². The van der Waals surface area contributed by atoms with Crippen LogP contribution in [-0.4, -0.2) is 43.7 Å². The van der Waals surface area contributed by atoms with Crippen molar-refractivity contribution >= 4 is 34.8 Å². The van der Waals surface area contributed by atoms with Crippen molar-refractivity contribution in [2.45, 2.75) is 12.5 Å². The number of benzene rings is 2. The van der Waals surface area contributed by atoms with E-state index in [0.29, 0.717) is 33.6 Å². The number of carbonyl (C=O) groups is 1. The fourth-order valence-electron chi connectivity index (χ4n) is 3.09. The predicted molar refractivity (Wildman–Crippen MR) is 108 cm³/mol. The van der Waals surface area contributed by atoms with Crippen LogP contribution in [0.2, 0.25) is 10.0 Å². The molecule has 1 saturated heterocycles. The summed E-state index contributed by atoms with van der Waals surface area (Å²) in [5.74, 6) is 0.107. The van der Waals surface area contributed by atoms with E-state index in [-0.39, 0.29) is 11.9 Å². The molecule has 2 aromatic rings. The van der Waals surface area contributed by atoms with Crippen LogP contribution in [0.3, 0.4) is 0 Å². The van der Waals surface area contributed by atoms with E-state index in [0.717, 1.165) is 25.1 Å². The van der Waals surface area contributed by atoms with E-state index in [2.05, 4.69) is 10.7 Å². The molecule has 27 heavy (non-hydrogen) atoms. The zero-order valence-electron chi connectivity index (χ0n) is 15.0. The number of nitrogens with one attached hydrogen (secondary N) is 2. The van der Waals surface area contributed by atoms with Gasteiger partial charge in [0.15, 0.2) is 0 Å². The number of ether oxygens (including phenoxy) is 1. The minimum Gasteiger partial charge on any atom is -0.496 e. The van der Waals surface area contributed by atoms with Gasteiger partial charge in [-0.05, 0) is 30.2 Å². The standard InChI is InChI=1S/C19H22Cl2N4O2/c1-27-18-10-17(22)16(21)9-15(18)19(26)24-25-7-6-23-11-14(25)8-12-2-4-13(20)5-3-12/h2-5,9-10,14,23H,6-8,11,22H2,1H3,(H,24,26). The smallest absolute Gasteiger partial charge is 0.269 e. The highest BCUT2D eigenvalue weighted by atomic mass is 35.5. The van der Waals surface area contributed by atoms with E-state index in [4.69, 9.17) is 33.7 Å². The van der Waals surface area contributed by atoms with Crippen LogP contribution in [0.15, 0.2) is 36.4 Å². The Morgan fingerprint density at radius 1 is 1.33 bits per heavy atom. The van der Waals surface area contributed by atoms with Crippen molar-refractivity contribution < 1.29 is 9.53 Å². The van der Waals surface area contributed by atoms with Crippen LogP contribution in [0.25, 0.3) is 0 Å². The van der Waals surface area contributed by atoms with E-state index in [1.165, 1.54) is 13.2 Å². The van der Waals surface area contributed by atoms with Crippen LogP contribution in [0, 0.1) is 0 Å². The summed E-state index contributed by atoms with van der Waals surface area (Å²) in [7, 11) is 1.49. The maximum absolute atomic E-state index is 12.8. The average molecular weight is 409 g/mol. The Morgan fingerprint density at radius 3 is 2.78 bits per heavy atom. The average Bonchev–Trinajstić information content (AvgIpc) is 2.66. The lowest BCUT2D eigenvalue weighted by molar-refractivity contribution is 0.0611. The normalized spacial score (nSPS) is 17.5. The summed E-state index contributed by atoms with van der Waals surface area (Å²) in [4.78, 5) is 12.8. The molecule has 1 amide bonds. The van der Waals surface area contributed by atoms with Gasteiger partial charge in [0.1, 0.15) is 5.75 Å². The zero-order chi connectivity index (χ0) is 19.4. The Hall–Kier alpha value is -1.99. The Balaban J connectivity index is 1.75. The molecular formula is C19H22Cl2N4O2. The van der Waals surface area contributed by atoms with Gasteiger partial charge >= 0.3 is 0 Å². The first-order valence-electron chi connectivity index (χ1n) is 8.63. The lowest BCUT2D eigenvalue weighted by atomic mass is 10.0. The number of amides is 1. The van der Waals surface area contributed by atoms with Crippen molar-refractivity contribution in [1.29, 1.82) is 0 Å². The highest BCUT2D eigenvalue weighted by Crippen LogP contribution is 2.29. The number of methoxy groups -OCH3 is 1. The third-order valence-corrected chi connectivity index (χ3v) is 5.12. The Bertz CT molecular complexity index is 814. The number of hydrazine groups is 1. The molecule has 0 aromatic heterocycles. The number of hydrogen-bond donors (Lipinski definition) is 3. The number of hydrogen-bond acceptors (Lipinski definition) is 5. The second-order valence-electron chi connectivity index (χ2n) is 6.40. The number of piperazine rings is 1. The van der Waals surface area contributed by atoms with Crippen LogP contribution in [-0.2, 0) is 6.42 Å². The van der Waals surface area contributed by atoms with Crippen LogP contribution in [0.5, 0.6) is 5.75 Å². The summed E-state index contributed by atoms with van der Waals surface area (Å²) in [6.45, 7) is 2.24. The van der Waals surface area contributed by atoms with Crippen molar-refractivity contribution in [1.82, 2.24) is 15.8 Å². The Morgan fingerprint density at radius 2 is 2.07 bits per heavy atom. The molecule has 6 nitrogen and oxygen atoms in total. The quantitative estimate of drug-likeness (QED) is 0.662. The fraction of sp³-hybridized carbons (Fsp3) is 0.316. The molecule has 2 aromatic carbocycles. The molecule has 144 valence electrons. The second-order valence-corrected chi connectivity index (χ2v) is 7.24. The molecule has 1 aliphatic heterocycles. The molecule has 0 spiro atoms. The van der Waals surface area contributed by atoms with E-state index in [1.54, 1.807) is 6.07 Å². The van der Waals surface area contributed by atoms with E-state index >= 15 is 0 Å². The predicted octanol–water partition coefficient (Wildman–Crippen LogP) is 2.75. The summed E-state index contributed by atoms with van der Waals surface area (Å²) in [6, 6.07) is 10.9. The molecule has 1 heterocycles. The molecule has 0 saturated carbocycles. The van der Waals surface area contributed by atoms with Gasteiger partial charge in [-0.2, -0.15) is 0 Å². The third-order valence-electron chi connectivity index (χ3n) is 4.54. The van der Waals surface area contributed by atoms with Gasteiger partial charge in [-0.1, -0.05) is 35.3 Å². The summed E-state index contributed by atoms with van der Waals surface area (Å²) in [6.07, 6.45) is 0.782. The fourth-order valence-corrected chi connectivity index (χ4v) is 3.38. The Labute approximate surface area is 168 Å². The van der Waals surface area contributed by atoms with Crippen molar-refractivity contribution in [3.8, 4) is 5.75 Å². The maximum atomic E-state index is 12.8. The highest BCUT2D eigenvalue weighted by Gasteiger charge is 2.25. The van der Waals surface area contributed by atoms with Gasteiger partial charge in [0.2, 0.25) is 0 Å². The molecule has 1 atom stereocenters. The number of halogens is 2. The molecule has 0 bridgehead atoms. The zero-order valence-corrected chi connectivity index (χ0v) is 16.5. The highest BCUT2D eigenvalue weighted by molar-refractivity contribution is 6.33. The molecule has 0 radical (unpaired) electrons. The Kier molecular flexibility index (Phi) is 6.44. The lowest BCUT2D eigenvalue weighted by Crippen LogP contribution is -2.59. The summed E-state index contributed by atoms with van der Waals surface area (Å²) < 4.78 is 5.28. The van der Waals surface area contributed by atoms with Gasteiger partial charge in [-0.25, -0.2) is 5.01 Å². The monoisotopic (exact) mass is 408 g/mol. The lowest BCUT2D eigenvalue weighted by Gasteiger charge is -2.36. The molecule has 1 aliphatic rings. The summed E-state index contributed by atoms with van der Waals surface area (Å²) >= 11 is 12.0. The minimum atomic E-state index is -0.281. The van der Waals surface area contributed by atoms with Gasteiger partial charge in [-0.15, -0.1) is 0 Å². The maximum Gasteiger partial charge on any atom is 0.269 e. The largest absolute Gasteiger partial charge is 0.496 e.